The molecule has 0 aromatic heterocycles. The van der Waals surface area contributed by atoms with Crippen molar-refractivity contribution in [3.63, 3.8) is 0 Å². The standard InChI is InChI=1S/C22H30N4O4S/c1-5-26(6-2)31(29,30)20-13-7-17(8-14-20)15-23-21(27)18-9-11-19(12-10-18)25-22(28)24-16(3)4/h7-14,16H,5-6,15H2,1-4H3,(H,23,27)(H2,24,25,28). The van der Waals surface area contributed by atoms with E-state index in [1.54, 1.807) is 62.4 Å². The van der Waals surface area contributed by atoms with E-state index in [1.807, 2.05) is 13.8 Å². The van der Waals surface area contributed by atoms with E-state index >= 15 is 0 Å². The average molecular weight is 447 g/mol. The zero-order valence-electron chi connectivity index (χ0n) is 18.3. The Hall–Kier alpha value is -2.91. The monoisotopic (exact) mass is 446 g/mol. The number of benzene rings is 2. The molecule has 2 rings (SSSR count). The Kier molecular flexibility index (Phi) is 8.58. The van der Waals surface area contributed by atoms with Crippen LogP contribution in [0.1, 0.15) is 43.6 Å². The lowest BCUT2D eigenvalue weighted by atomic mass is 10.1. The first-order chi connectivity index (χ1) is 14.7. The first-order valence-electron chi connectivity index (χ1n) is 10.2. The van der Waals surface area contributed by atoms with Crippen molar-refractivity contribution in [3.8, 4) is 0 Å². The van der Waals surface area contributed by atoms with Gasteiger partial charge in [-0.25, -0.2) is 13.2 Å². The largest absolute Gasteiger partial charge is 0.348 e. The maximum Gasteiger partial charge on any atom is 0.319 e. The highest BCUT2D eigenvalue weighted by Gasteiger charge is 2.21. The quantitative estimate of drug-likeness (QED) is 0.550. The minimum absolute atomic E-state index is 0.0245. The Labute approximate surface area is 184 Å². The van der Waals surface area contributed by atoms with Crippen LogP contribution in [0.5, 0.6) is 0 Å². The van der Waals surface area contributed by atoms with Crippen LogP contribution < -0.4 is 16.0 Å². The van der Waals surface area contributed by atoms with E-state index in [-0.39, 0.29) is 29.4 Å². The summed E-state index contributed by atoms with van der Waals surface area (Å²) in [6.07, 6.45) is 0. The maximum atomic E-state index is 12.5. The molecule has 0 radical (unpaired) electrons. The molecule has 9 heteroatoms. The zero-order chi connectivity index (χ0) is 23.0. The van der Waals surface area contributed by atoms with Crippen LogP contribution in [0.15, 0.2) is 53.4 Å². The summed E-state index contributed by atoms with van der Waals surface area (Å²) in [5.74, 6) is -0.266. The molecule has 2 aromatic rings. The molecule has 0 bridgehead atoms. The fraction of sp³-hybridized carbons (Fsp3) is 0.364. The van der Waals surface area contributed by atoms with Gasteiger partial charge in [-0.1, -0.05) is 26.0 Å². The molecular formula is C22H30N4O4S. The third-order valence-corrected chi connectivity index (χ3v) is 6.61. The summed E-state index contributed by atoms with van der Waals surface area (Å²) in [5, 5.41) is 8.23. The van der Waals surface area contributed by atoms with E-state index in [2.05, 4.69) is 16.0 Å². The number of carbonyl (C=O) groups is 2. The summed E-state index contributed by atoms with van der Waals surface area (Å²) in [6.45, 7) is 8.42. The first-order valence-corrected chi connectivity index (χ1v) is 11.7. The van der Waals surface area contributed by atoms with Crippen LogP contribution in [0, 0.1) is 0 Å². The number of carbonyl (C=O) groups excluding carboxylic acids is 2. The van der Waals surface area contributed by atoms with Gasteiger partial charge in [0.15, 0.2) is 0 Å². The SMILES string of the molecule is CCN(CC)S(=O)(=O)c1ccc(CNC(=O)c2ccc(NC(=O)NC(C)C)cc2)cc1. The molecule has 2 aromatic carbocycles. The van der Waals surface area contributed by atoms with Crippen molar-refractivity contribution in [1.29, 1.82) is 0 Å². The second kappa shape index (κ2) is 10.9. The molecule has 31 heavy (non-hydrogen) atoms. The molecular weight excluding hydrogens is 416 g/mol. The van der Waals surface area contributed by atoms with E-state index < -0.39 is 10.0 Å². The molecule has 0 saturated carbocycles. The zero-order valence-corrected chi connectivity index (χ0v) is 19.1. The topological polar surface area (TPSA) is 108 Å². The normalized spacial score (nSPS) is 11.4. The second-order valence-electron chi connectivity index (χ2n) is 7.25. The fourth-order valence-electron chi connectivity index (χ4n) is 2.91. The Morgan fingerprint density at radius 3 is 2.03 bits per heavy atom. The molecule has 3 N–H and O–H groups in total. The number of rotatable bonds is 9. The average Bonchev–Trinajstić information content (AvgIpc) is 2.73. The Morgan fingerprint density at radius 1 is 0.935 bits per heavy atom. The number of nitrogens with zero attached hydrogens (tertiary/aromatic N) is 1. The number of nitrogens with one attached hydrogen (secondary N) is 3. The van der Waals surface area contributed by atoms with E-state index in [9.17, 15) is 18.0 Å². The molecule has 0 heterocycles. The van der Waals surface area contributed by atoms with Gasteiger partial charge in [0.1, 0.15) is 0 Å². The van der Waals surface area contributed by atoms with Crippen LogP contribution in [-0.2, 0) is 16.6 Å². The van der Waals surface area contributed by atoms with Gasteiger partial charge < -0.3 is 16.0 Å². The first kappa shape index (κ1) is 24.4. The van der Waals surface area contributed by atoms with Crippen LogP contribution >= 0.6 is 0 Å². The number of hydrogen-bond donors (Lipinski definition) is 3. The van der Waals surface area contributed by atoms with Gasteiger partial charge in [-0.2, -0.15) is 4.31 Å². The smallest absolute Gasteiger partial charge is 0.319 e. The molecule has 8 nitrogen and oxygen atoms in total. The maximum absolute atomic E-state index is 12.5. The van der Waals surface area contributed by atoms with Crippen LogP contribution in [0.25, 0.3) is 0 Å². The number of hydrogen-bond acceptors (Lipinski definition) is 4. The Bertz CT molecular complexity index is 983. The minimum atomic E-state index is -3.50. The summed E-state index contributed by atoms with van der Waals surface area (Å²) in [7, 11) is -3.50. The molecule has 0 atom stereocenters. The molecule has 0 spiro atoms. The van der Waals surface area contributed by atoms with E-state index in [0.717, 1.165) is 5.56 Å². The highest BCUT2D eigenvalue weighted by atomic mass is 32.2. The van der Waals surface area contributed by atoms with Crippen LogP contribution in [0.3, 0.4) is 0 Å². The lowest BCUT2D eigenvalue weighted by Gasteiger charge is -2.18. The molecule has 0 unspecified atom stereocenters. The van der Waals surface area contributed by atoms with Gasteiger partial charge >= 0.3 is 6.03 Å². The van der Waals surface area contributed by atoms with Gasteiger partial charge in [-0.05, 0) is 55.8 Å². The third kappa shape index (κ3) is 6.80. The molecule has 0 aliphatic rings. The number of urea groups is 1. The van der Waals surface area contributed by atoms with Crippen molar-refractivity contribution in [1.82, 2.24) is 14.9 Å². The summed E-state index contributed by atoms with van der Waals surface area (Å²) in [5.41, 5.74) is 1.82. The number of anilines is 1. The van der Waals surface area contributed by atoms with E-state index in [0.29, 0.717) is 24.3 Å². The van der Waals surface area contributed by atoms with Gasteiger partial charge in [0, 0.05) is 36.9 Å². The summed E-state index contributed by atoms with van der Waals surface area (Å²) < 4.78 is 26.5. The molecule has 0 saturated heterocycles. The highest BCUT2D eigenvalue weighted by molar-refractivity contribution is 7.89. The van der Waals surface area contributed by atoms with Gasteiger partial charge in [-0.3, -0.25) is 4.79 Å². The van der Waals surface area contributed by atoms with Crippen LogP contribution in [-0.4, -0.2) is 43.8 Å². The predicted molar refractivity (Wildman–Crippen MR) is 121 cm³/mol. The van der Waals surface area contributed by atoms with Crippen molar-refractivity contribution < 1.29 is 18.0 Å². The minimum Gasteiger partial charge on any atom is -0.348 e. The van der Waals surface area contributed by atoms with E-state index in [4.69, 9.17) is 0 Å². The summed E-state index contributed by atoms with van der Waals surface area (Å²) in [4.78, 5) is 24.3. The lowest BCUT2D eigenvalue weighted by Crippen LogP contribution is -2.34. The number of amides is 3. The van der Waals surface area contributed by atoms with Crippen molar-refractivity contribution in [2.24, 2.45) is 0 Å². The predicted octanol–water partition coefficient (Wildman–Crippen LogP) is 3.18. The third-order valence-electron chi connectivity index (χ3n) is 4.54. The van der Waals surface area contributed by atoms with Crippen molar-refractivity contribution >= 4 is 27.6 Å². The van der Waals surface area contributed by atoms with Crippen LogP contribution in [0.2, 0.25) is 0 Å². The Balaban J connectivity index is 1.94. The molecule has 168 valence electrons. The van der Waals surface area contributed by atoms with Crippen molar-refractivity contribution in [2.45, 2.75) is 45.2 Å². The number of sulfonamides is 1. The van der Waals surface area contributed by atoms with Gasteiger partial charge in [0.2, 0.25) is 10.0 Å². The van der Waals surface area contributed by atoms with Crippen molar-refractivity contribution in [2.75, 3.05) is 18.4 Å². The van der Waals surface area contributed by atoms with Crippen LogP contribution in [0.4, 0.5) is 10.5 Å². The van der Waals surface area contributed by atoms with Gasteiger partial charge in [0.25, 0.3) is 5.91 Å². The van der Waals surface area contributed by atoms with E-state index in [1.165, 1.54) is 4.31 Å². The lowest BCUT2D eigenvalue weighted by molar-refractivity contribution is 0.0951. The van der Waals surface area contributed by atoms with Crippen molar-refractivity contribution in [3.05, 3.63) is 59.7 Å². The molecule has 0 fully saturated rings. The summed E-state index contributed by atoms with van der Waals surface area (Å²) in [6, 6.07) is 12.8. The second-order valence-corrected chi connectivity index (χ2v) is 9.18. The highest BCUT2D eigenvalue weighted by Crippen LogP contribution is 2.16. The Morgan fingerprint density at radius 2 is 1.52 bits per heavy atom. The molecule has 0 aliphatic carbocycles. The molecule has 3 amide bonds. The summed E-state index contributed by atoms with van der Waals surface area (Å²) >= 11 is 0. The van der Waals surface area contributed by atoms with Gasteiger partial charge in [0.05, 0.1) is 4.90 Å². The molecule has 0 aliphatic heterocycles. The fourth-order valence-corrected chi connectivity index (χ4v) is 4.37. The van der Waals surface area contributed by atoms with Gasteiger partial charge in [-0.15, -0.1) is 0 Å².